The van der Waals surface area contributed by atoms with E-state index >= 15 is 0 Å². The lowest BCUT2D eigenvalue weighted by Crippen LogP contribution is -2.45. The minimum atomic E-state index is -0.664. The number of allylic oxidation sites excluding steroid dienone is 4. The molecule has 0 bridgehead atoms. The molecular weight excluding hydrogens is 911 g/mol. The van der Waals surface area contributed by atoms with E-state index < -0.39 is 12.1 Å². The van der Waals surface area contributed by atoms with Crippen LogP contribution in [0.4, 0.5) is 0 Å². The Bertz CT molecular complexity index is 1150. The average molecular weight is 1040 g/mol. The number of amides is 1. The summed E-state index contributed by atoms with van der Waals surface area (Å²) < 4.78 is 5.50. The number of unbranched alkanes of at least 4 members (excludes halogenated alkanes) is 48. The highest BCUT2D eigenvalue weighted by molar-refractivity contribution is 5.76. The molecular formula is C68H131NO5. The molecule has 0 fully saturated rings. The normalized spacial score (nSPS) is 12.6. The van der Waals surface area contributed by atoms with Crippen molar-refractivity contribution in [3.8, 4) is 0 Å². The van der Waals surface area contributed by atoms with Crippen LogP contribution in [0.3, 0.4) is 0 Å². The average Bonchev–Trinajstić information content (AvgIpc) is 3.40. The molecule has 0 spiro atoms. The highest BCUT2D eigenvalue weighted by Gasteiger charge is 2.20. The Morgan fingerprint density at radius 1 is 0.378 bits per heavy atom. The number of aliphatic hydroxyl groups is 2. The van der Waals surface area contributed by atoms with Gasteiger partial charge >= 0.3 is 5.97 Å². The van der Waals surface area contributed by atoms with Crippen LogP contribution >= 0.6 is 0 Å². The Hall–Kier alpha value is -1.66. The SMILES string of the molecule is CCCCC/C=C\C/C=C\CCCCCCCCCC(=O)OCCCCCCCCCCCCCCCCCCCCCCCCCC(=O)NC(CO)C(O)CCCCCCCCCCCCCCCCCCC. The third kappa shape index (κ3) is 59.6. The molecule has 0 aromatic carbocycles. The first-order valence-corrected chi connectivity index (χ1v) is 33.6. The number of rotatable bonds is 63. The molecule has 6 heteroatoms. The van der Waals surface area contributed by atoms with Crippen LogP contribution in [0.5, 0.6) is 0 Å². The van der Waals surface area contributed by atoms with E-state index in [1.807, 2.05) is 0 Å². The fourth-order valence-electron chi connectivity index (χ4n) is 10.6. The zero-order chi connectivity index (χ0) is 53.6. The summed E-state index contributed by atoms with van der Waals surface area (Å²) in [7, 11) is 0. The van der Waals surface area contributed by atoms with Gasteiger partial charge in [0.2, 0.25) is 5.91 Å². The van der Waals surface area contributed by atoms with E-state index in [9.17, 15) is 19.8 Å². The number of nitrogens with one attached hydrogen (secondary N) is 1. The second-order valence-electron chi connectivity index (χ2n) is 23.2. The molecule has 0 aliphatic rings. The molecule has 0 aromatic heterocycles. The number of hydrogen-bond donors (Lipinski definition) is 3. The van der Waals surface area contributed by atoms with Crippen LogP contribution in [0.2, 0.25) is 0 Å². The largest absolute Gasteiger partial charge is 0.466 e. The van der Waals surface area contributed by atoms with Crippen LogP contribution in [0.1, 0.15) is 373 Å². The predicted molar refractivity (Wildman–Crippen MR) is 324 cm³/mol. The Morgan fingerprint density at radius 3 is 1.05 bits per heavy atom. The summed E-state index contributed by atoms with van der Waals surface area (Å²) in [6.45, 7) is 4.96. The number of esters is 1. The monoisotopic (exact) mass is 1040 g/mol. The molecule has 0 saturated carbocycles. The van der Waals surface area contributed by atoms with Gasteiger partial charge in [-0.3, -0.25) is 9.59 Å². The Balaban J connectivity index is 3.36. The summed E-state index contributed by atoms with van der Waals surface area (Å²) >= 11 is 0. The lowest BCUT2D eigenvalue weighted by Gasteiger charge is -2.22. The molecule has 438 valence electrons. The van der Waals surface area contributed by atoms with Gasteiger partial charge in [-0.1, -0.05) is 327 Å². The van der Waals surface area contributed by atoms with Crippen molar-refractivity contribution in [2.45, 2.75) is 386 Å². The van der Waals surface area contributed by atoms with Gasteiger partial charge in [0.05, 0.1) is 25.4 Å². The van der Waals surface area contributed by atoms with Crippen molar-refractivity contribution < 1.29 is 24.5 Å². The first kappa shape index (κ1) is 72.3. The molecule has 74 heavy (non-hydrogen) atoms. The number of carbonyl (C=O) groups is 2. The van der Waals surface area contributed by atoms with Gasteiger partial charge in [0.25, 0.3) is 0 Å². The number of aliphatic hydroxyl groups excluding tert-OH is 2. The quantitative estimate of drug-likeness (QED) is 0.0320. The predicted octanol–water partition coefficient (Wildman–Crippen LogP) is 21.4. The van der Waals surface area contributed by atoms with E-state index in [1.165, 1.54) is 289 Å². The summed E-state index contributed by atoms with van der Waals surface area (Å²) in [5.74, 6) is -0.0239. The molecule has 0 aliphatic heterocycles. The minimum Gasteiger partial charge on any atom is -0.466 e. The van der Waals surface area contributed by atoms with Crippen molar-refractivity contribution in [2.75, 3.05) is 13.2 Å². The topological polar surface area (TPSA) is 95.9 Å². The van der Waals surface area contributed by atoms with Crippen molar-refractivity contribution in [1.29, 1.82) is 0 Å². The highest BCUT2D eigenvalue weighted by atomic mass is 16.5. The molecule has 3 N–H and O–H groups in total. The van der Waals surface area contributed by atoms with Crippen LogP contribution in [0.25, 0.3) is 0 Å². The second-order valence-corrected chi connectivity index (χ2v) is 23.2. The molecule has 2 unspecified atom stereocenters. The molecule has 6 nitrogen and oxygen atoms in total. The van der Waals surface area contributed by atoms with Crippen molar-refractivity contribution in [3.63, 3.8) is 0 Å². The van der Waals surface area contributed by atoms with Gasteiger partial charge in [-0.15, -0.1) is 0 Å². The van der Waals surface area contributed by atoms with E-state index in [4.69, 9.17) is 4.74 Å². The van der Waals surface area contributed by atoms with Crippen LogP contribution < -0.4 is 5.32 Å². The summed E-state index contributed by atoms with van der Waals surface area (Å²) in [5, 5.41) is 23.4. The van der Waals surface area contributed by atoms with Crippen LogP contribution in [-0.2, 0) is 14.3 Å². The van der Waals surface area contributed by atoms with Crippen molar-refractivity contribution >= 4 is 11.9 Å². The van der Waals surface area contributed by atoms with Crippen molar-refractivity contribution in [2.24, 2.45) is 0 Å². The van der Waals surface area contributed by atoms with Gasteiger partial charge in [0.1, 0.15) is 0 Å². The lowest BCUT2D eigenvalue weighted by atomic mass is 10.0. The lowest BCUT2D eigenvalue weighted by molar-refractivity contribution is -0.143. The van der Waals surface area contributed by atoms with Crippen LogP contribution in [-0.4, -0.2) is 47.4 Å². The fourth-order valence-corrected chi connectivity index (χ4v) is 10.6. The van der Waals surface area contributed by atoms with Gasteiger partial charge in [0, 0.05) is 12.8 Å². The fraction of sp³-hybridized carbons (Fsp3) is 0.912. The van der Waals surface area contributed by atoms with Gasteiger partial charge in [-0.25, -0.2) is 0 Å². The summed E-state index contributed by atoms with van der Waals surface area (Å²) in [4.78, 5) is 24.6. The Labute approximate surface area is 462 Å². The third-order valence-electron chi connectivity index (χ3n) is 15.8. The summed E-state index contributed by atoms with van der Waals surface area (Å²) in [6.07, 6.45) is 79.2. The van der Waals surface area contributed by atoms with Gasteiger partial charge in [-0.05, 0) is 57.8 Å². The second kappa shape index (κ2) is 63.9. The Kier molecular flexibility index (Phi) is 62.4. The smallest absolute Gasteiger partial charge is 0.305 e. The molecule has 0 heterocycles. The molecule has 0 aliphatic carbocycles. The zero-order valence-corrected chi connectivity index (χ0v) is 50.1. The standard InChI is InChI=1S/C68H131NO5/c1-3-5-7-9-11-13-15-17-19-28-32-36-40-44-48-52-56-60-66(71)65(64-70)69-67(72)61-57-53-49-45-41-37-33-30-26-24-22-21-23-25-27-31-35-39-43-47-51-55-59-63-74-68(73)62-58-54-50-46-42-38-34-29-20-18-16-14-12-10-8-6-4-2/h12,14,18,20,65-66,70-71H,3-11,13,15-17,19,21-64H2,1-2H3,(H,69,72)/b14-12-,20-18-. The van der Waals surface area contributed by atoms with Crippen molar-refractivity contribution in [1.82, 2.24) is 5.32 Å². The first-order valence-electron chi connectivity index (χ1n) is 33.6. The highest BCUT2D eigenvalue weighted by Crippen LogP contribution is 2.19. The van der Waals surface area contributed by atoms with Crippen LogP contribution in [0.15, 0.2) is 24.3 Å². The van der Waals surface area contributed by atoms with E-state index in [-0.39, 0.29) is 18.5 Å². The Morgan fingerprint density at radius 2 is 0.676 bits per heavy atom. The molecule has 0 rings (SSSR count). The van der Waals surface area contributed by atoms with Gasteiger partial charge in [0.15, 0.2) is 0 Å². The minimum absolute atomic E-state index is 0.00738. The van der Waals surface area contributed by atoms with E-state index in [0.29, 0.717) is 25.9 Å². The summed E-state index contributed by atoms with van der Waals surface area (Å²) in [5.41, 5.74) is 0. The number of ether oxygens (including phenoxy) is 1. The van der Waals surface area contributed by atoms with Gasteiger partial charge < -0.3 is 20.3 Å². The van der Waals surface area contributed by atoms with Crippen molar-refractivity contribution in [3.05, 3.63) is 24.3 Å². The van der Waals surface area contributed by atoms with Crippen LogP contribution in [0, 0.1) is 0 Å². The van der Waals surface area contributed by atoms with E-state index in [0.717, 1.165) is 51.4 Å². The summed E-state index contributed by atoms with van der Waals surface area (Å²) in [6, 6.07) is -0.541. The number of carbonyl (C=O) groups excluding carboxylic acids is 2. The molecule has 0 radical (unpaired) electrons. The third-order valence-corrected chi connectivity index (χ3v) is 15.8. The molecule has 1 amide bonds. The zero-order valence-electron chi connectivity index (χ0n) is 50.1. The van der Waals surface area contributed by atoms with E-state index in [2.05, 4.69) is 43.5 Å². The maximum Gasteiger partial charge on any atom is 0.305 e. The van der Waals surface area contributed by atoms with Gasteiger partial charge in [-0.2, -0.15) is 0 Å². The molecule has 0 aromatic rings. The molecule has 2 atom stereocenters. The maximum absolute atomic E-state index is 12.5. The molecule has 0 saturated heterocycles. The number of hydrogen-bond acceptors (Lipinski definition) is 5. The first-order chi connectivity index (χ1) is 36.5. The van der Waals surface area contributed by atoms with E-state index in [1.54, 1.807) is 0 Å². The maximum atomic E-state index is 12.5.